The summed E-state index contributed by atoms with van der Waals surface area (Å²) >= 11 is 1.43. The first-order chi connectivity index (χ1) is 9.93. The van der Waals surface area contributed by atoms with Gasteiger partial charge < -0.3 is 15.8 Å². The minimum absolute atomic E-state index is 0.0564. The second-order valence-corrected chi connectivity index (χ2v) is 7.35. The Bertz CT molecular complexity index is 503. The van der Waals surface area contributed by atoms with Crippen molar-refractivity contribution < 1.29 is 9.53 Å². The average Bonchev–Trinajstić information content (AvgIpc) is 2.76. The van der Waals surface area contributed by atoms with Crippen LogP contribution in [0.2, 0.25) is 0 Å². The van der Waals surface area contributed by atoms with E-state index in [2.05, 4.69) is 12.2 Å². The van der Waals surface area contributed by atoms with Gasteiger partial charge in [0.2, 0.25) is 0 Å². The van der Waals surface area contributed by atoms with Crippen molar-refractivity contribution in [3.05, 3.63) is 4.88 Å². The van der Waals surface area contributed by atoms with E-state index in [0.29, 0.717) is 22.4 Å². The second kappa shape index (κ2) is 6.69. The third-order valence-corrected chi connectivity index (χ3v) is 5.34. The molecular weight excluding hydrogens is 284 g/mol. The third-order valence-electron chi connectivity index (χ3n) is 4.20. The number of hydrogen-bond acceptors (Lipinski definition) is 5. The summed E-state index contributed by atoms with van der Waals surface area (Å²) in [7, 11) is 1.61. The summed E-state index contributed by atoms with van der Waals surface area (Å²) in [6.07, 6.45) is 4.82. The van der Waals surface area contributed by atoms with Gasteiger partial charge in [0.25, 0.3) is 0 Å². The van der Waals surface area contributed by atoms with Gasteiger partial charge in [0.05, 0.1) is 17.7 Å². The largest absolute Gasteiger partial charge is 0.492 e. The first-order valence-electron chi connectivity index (χ1n) is 7.71. The van der Waals surface area contributed by atoms with Gasteiger partial charge in [-0.25, -0.2) is 0 Å². The summed E-state index contributed by atoms with van der Waals surface area (Å²) < 4.78 is 5.42. The maximum Gasteiger partial charge on any atom is 0.177 e. The highest BCUT2D eigenvalue weighted by atomic mass is 32.1. The van der Waals surface area contributed by atoms with Gasteiger partial charge in [-0.05, 0) is 31.6 Å². The molecule has 1 heterocycles. The molecular formula is C16H26N2O2S. The van der Waals surface area contributed by atoms with E-state index >= 15 is 0 Å². The van der Waals surface area contributed by atoms with Crippen LogP contribution in [-0.2, 0) is 0 Å². The van der Waals surface area contributed by atoms with Gasteiger partial charge in [-0.15, -0.1) is 11.3 Å². The standard InChI is InChI=1S/C16H26N2O2S/c1-9(2)13(19)15-12(17)14(20-4)16(21-15)18-11-7-5-10(3)6-8-11/h9-11,18H,5-8,17H2,1-4H3. The lowest BCUT2D eigenvalue weighted by Crippen LogP contribution is -2.24. The van der Waals surface area contributed by atoms with Crippen molar-refractivity contribution in [2.24, 2.45) is 11.8 Å². The Hall–Kier alpha value is -1.23. The molecule has 1 aromatic rings. The first kappa shape index (κ1) is 16.1. The zero-order valence-corrected chi connectivity index (χ0v) is 14.2. The van der Waals surface area contributed by atoms with Gasteiger partial charge in [0, 0.05) is 12.0 Å². The van der Waals surface area contributed by atoms with Crippen LogP contribution in [0.1, 0.15) is 56.1 Å². The number of anilines is 2. The molecule has 1 aromatic heterocycles. The van der Waals surface area contributed by atoms with Gasteiger partial charge >= 0.3 is 0 Å². The molecule has 1 aliphatic rings. The molecule has 0 atom stereocenters. The maximum absolute atomic E-state index is 12.2. The molecule has 1 saturated carbocycles. The van der Waals surface area contributed by atoms with Crippen molar-refractivity contribution in [3.8, 4) is 5.75 Å². The molecule has 0 aromatic carbocycles. The van der Waals surface area contributed by atoms with E-state index in [1.807, 2.05) is 13.8 Å². The van der Waals surface area contributed by atoms with Crippen LogP contribution in [0.25, 0.3) is 0 Å². The number of Topliss-reactive ketones (excluding diaryl/α,β-unsaturated/α-hetero) is 1. The molecule has 21 heavy (non-hydrogen) atoms. The van der Waals surface area contributed by atoms with Crippen molar-refractivity contribution in [1.82, 2.24) is 0 Å². The predicted octanol–water partition coefficient (Wildman–Crippen LogP) is 4.17. The van der Waals surface area contributed by atoms with Crippen LogP contribution in [0.5, 0.6) is 5.75 Å². The number of rotatable bonds is 5. The number of nitrogens with one attached hydrogen (secondary N) is 1. The molecule has 2 rings (SSSR count). The Morgan fingerprint density at radius 1 is 1.33 bits per heavy atom. The van der Waals surface area contributed by atoms with Gasteiger partial charge in [0.1, 0.15) is 5.00 Å². The van der Waals surface area contributed by atoms with E-state index in [-0.39, 0.29) is 11.7 Å². The number of thiophene rings is 1. The molecule has 0 bridgehead atoms. The van der Waals surface area contributed by atoms with Gasteiger partial charge in [-0.2, -0.15) is 0 Å². The zero-order chi connectivity index (χ0) is 15.6. The van der Waals surface area contributed by atoms with E-state index in [9.17, 15) is 4.79 Å². The summed E-state index contributed by atoms with van der Waals surface area (Å²) in [5.41, 5.74) is 6.58. The summed E-state index contributed by atoms with van der Waals surface area (Å²) in [4.78, 5) is 12.8. The quantitative estimate of drug-likeness (QED) is 0.801. The maximum atomic E-state index is 12.2. The molecule has 0 spiro atoms. The predicted molar refractivity (Wildman–Crippen MR) is 89.5 cm³/mol. The number of ketones is 1. The van der Waals surface area contributed by atoms with E-state index < -0.39 is 0 Å². The summed E-state index contributed by atoms with van der Waals surface area (Å²) in [6, 6.07) is 0.454. The first-order valence-corrected chi connectivity index (χ1v) is 8.52. The highest BCUT2D eigenvalue weighted by Crippen LogP contribution is 2.44. The molecule has 0 aliphatic heterocycles. The van der Waals surface area contributed by atoms with Crippen molar-refractivity contribution in [2.75, 3.05) is 18.2 Å². The van der Waals surface area contributed by atoms with E-state index in [0.717, 1.165) is 23.8 Å². The molecule has 0 radical (unpaired) electrons. The summed E-state index contributed by atoms with van der Waals surface area (Å²) in [5, 5.41) is 4.44. The smallest absolute Gasteiger partial charge is 0.177 e. The Kier molecular flexibility index (Phi) is 5.14. The van der Waals surface area contributed by atoms with Gasteiger partial charge in [-0.1, -0.05) is 20.8 Å². The van der Waals surface area contributed by atoms with Crippen LogP contribution in [0.4, 0.5) is 10.7 Å². The van der Waals surface area contributed by atoms with Crippen LogP contribution in [0, 0.1) is 11.8 Å². The topological polar surface area (TPSA) is 64.3 Å². The molecule has 118 valence electrons. The van der Waals surface area contributed by atoms with E-state index in [1.54, 1.807) is 7.11 Å². The number of methoxy groups -OCH3 is 1. The molecule has 4 nitrogen and oxygen atoms in total. The van der Waals surface area contributed by atoms with E-state index in [4.69, 9.17) is 10.5 Å². The molecule has 1 aliphatic carbocycles. The van der Waals surface area contributed by atoms with Crippen LogP contribution >= 0.6 is 11.3 Å². The second-order valence-electron chi connectivity index (χ2n) is 6.33. The molecule has 1 fully saturated rings. The van der Waals surface area contributed by atoms with Crippen molar-refractivity contribution in [1.29, 1.82) is 0 Å². The molecule has 5 heteroatoms. The fraction of sp³-hybridized carbons (Fsp3) is 0.688. The highest BCUT2D eigenvalue weighted by Gasteiger charge is 2.26. The molecule has 3 N–H and O–H groups in total. The lowest BCUT2D eigenvalue weighted by atomic mass is 9.87. The number of nitrogens with two attached hydrogens (primary N) is 1. The highest BCUT2D eigenvalue weighted by molar-refractivity contribution is 7.19. The molecule has 0 unspecified atom stereocenters. The molecule has 0 amide bonds. The minimum atomic E-state index is -0.0564. The molecule has 0 saturated heterocycles. The van der Waals surface area contributed by atoms with Crippen molar-refractivity contribution in [3.63, 3.8) is 0 Å². The summed E-state index contributed by atoms with van der Waals surface area (Å²) in [6.45, 7) is 6.09. The number of carbonyl (C=O) groups excluding carboxylic acids is 1. The van der Waals surface area contributed by atoms with Crippen molar-refractivity contribution in [2.45, 2.75) is 52.5 Å². The SMILES string of the molecule is COc1c(NC2CCC(C)CC2)sc(C(=O)C(C)C)c1N. The lowest BCUT2D eigenvalue weighted by molar-refractivity contribution is 0.0944. The van der Waals surface area contributed by atoms with Crippen molar-refractivity contribution >= 4 is 27.8 Å². The van der Waals surface area contributed by atoms with E-state index in [1.165, 1.54) is 24.2 Å². The Morgan fingerprint density at radius 2 is 1.95 bits per heavy atom. The van der Waals surface area contributed by atoms with Gasteiger partial charge in [-0.3, -0.25) is 4.79 Å². The van der Waals surface area contributed by atoms with Crippen LogP contribution in [-0.4, -0.2) is 18.9 Å². The monoisotopic (exact) mass is 310 g/mol. The Balaban J connectivity index is 2.19. The number of carbonyl (C=O) groups is 1. The Morgan fingerprint density at radius 3 is 2.48 bits per heavy atom. The van der Waals surface area contributed by atoms with Crippen LogP contribution in [0.15, 0.2) is 0 Å². The van der Waals surface area contributed by atoms with Crippen LogP contribution in [0.3, 0.4) is 0 Å². The minimum Gasteiger partial charge on any atom is -0.492 e. The fourth-order valence-electron chi connectivity index (χ4n) is 2.76. The van der Waals surface area contributed by atoms with Gasteiger partial charge in [0.15, 0.2) is 11.5 Å². The Labute approximate surface area is 131 Å². The fourth-order valence-corrected chi connectivity index (χ4v) is 4.02. The summed E-state index contributed by atoms with van der Waals surface area (Å²) in [5.74, 6) is 1.47. The third kappa shape index (κ3) is 3.51. The number of ether oxygens (including phenoxy) is 1. The number of nitrogen functional groups attached to an aromatic ring is 1. The number of hydrogen-bond donors (Lipinski definition) is 2. The zero-order valence-electron chi connectivity index (χ0n) is 13.4. The van der Waals surface area contributed by atoms with Crippen LogP contribution < -0.4 is 15.8 Å². The average molecular weight is 310 g/mol. The lowest BCUT2D eigenvalue weighted by Gasteiger charge is -2.27. The normalized spacial score (nSPS) is 22.3.